The SMILES string of the molecule is O=C(Nc1ccncc1)c1cccc(NC(=O)c2ccn(-c3ccccc3)n2)c1. The first-order chi connectivity index (χ1) is 14.2. The van der Waals surface area contributed by atoms with Crippen molar-refractivity contribution in [1.82, 2.24) is 14.8 Å². The largest absolute Gasteiger partial charge is 0.322 e. The van der Waals surface area contributed by atoms with Crippen molar-refractivity contribution in [1.29, 1.82) is 0 Å². The van der Waals surface area contributed by atoms with Gasteiger partial charge in [0.15, 0.2) is 5.69 Å². The van der Waals surface area contributed by atoms with E-state index < -0.39 is 0 Å². The van der Waals surface area contributed by atoms with E-state index in [4.69, 9.17) is 0 Å². The molecule has 2 N–H and O–H groups in total. The summed E-state index contributed by atoms with van der Waals surface area (Å²) in [6, 6.07) is 21.3. The van der Waals surface area contributed by atoms with Crippen LogP contribution in [0, 0.1) is 0 Å². The molecule has 0 aliphatic rings. The lowest BCUT2D eigenvalue weighted by Gasteiger charge is -2.08. The Labute approximate surface area is 167 Å². The Hall–Kier alpha value is -4.26. The quantitative estimate of drug-likeness (QED) is 0.549. The van der Waals surface area contributed by atoms with Crippen molar-refractivity contribution in [2.75, 3.05) is 10.6 Å². The fourth-order valence-corrected chi connectivity index (χ4v) is 2.74. The van der Waals surface area contributed by atoms with Crippen LogP contribution in [0.3, 0.4) is 0 Å². The summed E-state index contributed by atoms with van der Waals surface area (Å²) >= 11 is 0. The second kappa shape index (κ2) is 8.18. The number of amides is 2. The molecule has 0 aliphatic carbocycles. The van der Waals surface area contributed by atoms with Gasteiger partial charge in [0.25, 0.3) is 11.8 Å². The maximum Gasteiger partial charge on any atom is 0.276 e. The van der Waals surface area contributed by atoms with Crippen LogP contribution < -0.4 is 10.6 Å². The van der Waals surface area contributed by atoms with Crippen molar-refractivity contribution in [3.05, 3.63) is 103 Å². The Morgan fingerprint density at radius 3 is 2.31 bits per heavy atom. The van der Waals surface area contributed by atoms with E-state index in [1.807, 2.05) is 30.3 Å². The van der Waals surface area contributed by atoms with Gasteiger partial charge in [-0.3, -0.25) is 14.6 Å². The third kappa shape index (κ3) is 4.36. The first-order valence-electron chi connectivity index (χ1n) is 8.93. The molecule has 0 saturated heterocycles. The number of aromatic nitrogens is 3. The Morgan fingerprint density at radius 2 is 1.52 bits per heavy atom. The minimum absolute atomic E-state index is 0.277. The van der Waals surface area contributed by atoms with Gasteiger partial charge < -0.3 is 10.6 Å². The molecule has 2 heterocycles. The average Bonchev–Trinajstić information content (AvgIpc) is 3.26. The van der Waals surface area contributed by atoms with E-state index in [0.717, 1.165) is 5.69 Å². The zero-order chi connectivity index (χ0) is 20.1. The van der Waals surface area contributed by atoms with Crippen molar-refractivity contribution < 1.29 is 9.59 Å². The van der Waals surface area contributed by atoms with Crippen LogP contribution in [0.2, 0.25) is 0 Å². The summed E-state index contributed by atoms with van der Waals surface area (Å²) in [6.45, 7) is 0. The predicted octanol–water partition coefficient (Wildman–Crippen LogP) is 3.77. The van der Waals surface area contributed by atoms with Crippen molar-refractivity contribution in [2.24, 2.45) is 0 Å². The highest BCUT2D eigenvalue weighted by Crippen LogP contribution is 2.15. The van der Waals surface area contributed by atoms with Gasteiger partial charge in [-0.1, -0.05) is 24.3 Å². The highest BCUT2D eigenvalue weighted by molar-refractivity contribution is 6.06. The second-order valence-electron chi connectivity index (χ2n) is 6.21. The summed E-state index contributed by atoms with van der Waals surface area (Å²) in [5.74, 6) is -0.632. The Morgan fingerprint density at radius 1 is 0.759 bits per heavy atom. The first-order valence-corrected chi connectivity index (χ1v) is 8.93. The molecule has 0 aliphatic heterocycles. The van der Waals surface area contributed by atoms with Gasteiger partial charge in [-0.15, -0.1) is 0 Å². The lowest BCUT2D eigenvalue weighted by Crippen LogP contribution is -2.15. The highest BCUT2D eigenvalue weighted by Gasteiger charge is 2.12. The zero-order valence-electron chi connectivity index (χ0n) is 15.3. The maximum atomic E-state index is 12.5. The van der Waals surface area contributed by atoms with Crippen LogP contribution in [0.25, 0.3) is 5.69 Å². The fourth-order valence-electron chi connectivity index (χ4n) is 2.74. The molecule has 0 fully saturated rings. The lowest BCUT2D eigenvalue weighted by atomic mass is 10.2. The van der Waals surface area contributed by atoms with E-state index in [2.05, 4.69) is 20.7 Å². The molecule has 0 saturated carbocycles. The van der Waals surface area contributed by atoms with Crippen LogP contribution >= 0.6 is 0 Å². The van der Waals surface area contributed by atoms with Crippen LogP contribution in [-0.4, -0.2) is 26.6 Å². The van der Waals surface area contributed by atoms with Crippen LogP contribution in [0.5, 0.6) is 0 Å². The van der Waals surface area contributed by atoms with Gasteiger partial charge in [-0.2, -0.15) is 5.10 Å². The average molecular weight is 383 g/mol. The summed E-state index contributed by atoms with van der Waals surface area (Å²) in [5.41, 5.74) is 2.72. The molecule has 29 heavy (non-hydrogen) atoms. The number of para-hydroxylation sites is 1. The monoisotopic (exact) mass is 383 g/mol. The molecule has 0 spiro atoms. The number of pyridine rings is 1. The van der Waals surface area contributed by atoms with E-state index in [1.54, 1.807) is 65.7 Å². The van der Waals surface area contributed by atoms with E-state index >= 15 is 0 Å². The van der Waals surface area contributed by atoms with Gasteiger partial charge in [-0.05, 0) is 48.5 Å². The number of nitrogens with one attached hydrogen (secondary N) is 2. The molecule has 0 atom stereocenters. The van der Waals surface area contributed by atoms with Crippen LogP contribution in [0.15, 0.2) is 91.4 Å². The number of carbonyl (C=O) groups excluding carboxylic acids is 2. The van der Waals surface area contributed by atoms with Crippen molar-refractivity contribution in [3.63, 3.8) is 0 Å². The van der Waals surface area contributed by atoms with E-state index in [-0.39, 0.29) is 17.5 Å². The van der Waals surface area contributed by atoms with Gasteiger partial charge in [0.2, 0.25) is 0 Å². The number of anilines is 2. The first kappa shape index (κ1) is 18.1. The van der Waals surface area contributed by atoms with Gasteiger partial charge in [0.05, 0.1) is 5.69 Å². The minimum atomic E-state index is -0.355. The molecular formula is C22H17N5O2. The van der Waals surface area contributed by atoms with Crippen molar-refractivity contribution in [3.8, 4) is 5.69 Å². The molecule has 0 bridgehead atoms. The lowest BCUT2D eigenvalue weighted by molar-refractivity contribution is 0.101. The molecule has 142 valence electrons. The summed E-state index contributed by atoms with van der Waals surface area (Å²) < 4.78 is 1.63. The van der Waals surface area contributed by atoms with Gasteiger partial charge >= 0.3 is 0 Å². The summed E-state index contributed by atoms with van der Waals surface area (Å²) in [4.78, 5) is 28.9. The van der Waals surface area contributed by atoms with E-state index in [1.165, 1.54) is 0 Å². The molecule has 2 aromatic heterocycles. The van der Waals surface area contributed by atoms with E-state index in [9.17, 15) is 9.59 Å². The van der Waals surface area contributed by atoms with Gasteiger partial charge in [0.1, 0.15) is 0 Å². The number of hydrogen-bond acceptors (Lipinski definition) is 4. The molecule has 4 rings (SSSR count). The number of benzene rings is 2. The Bertz CT molecular complexity index is 1140. The van der Waals surface area contributed by atoms with Gasteiger partial charge in [0, 0.05) is 35.5 Å². The van der Waals surface area contributed by atoms with E-state index in [0.29, 0.717) is 16.9 Å². The molecule has 4 aromatic rings. The summed E-state index contributed by atoms with van der Waals surface area (Å²) in [6.07, 6.45) is 4.92. The fraction of sp³-hybridized carbons (Fsp3) is 0. The molecule has 2 amide bonds. The number of rotatable bonds is 5. The number of hydrogen-bond donors (Lipinski definition) is 2. The Balaban J connectivity index is 1.46. The van der Waals surface area contributed by atoms with Crippen LogP contribution in [0.4, 0.5) is 11.4 Å². The third-order valence-corrected chi connectivity index (χ3v) is 4.16. The molecule has 2 aromatic carbocycles. The zero-order valence-corrected chi connectivity index (χ0v) is 15.3. The third-order valence-electron chi connectivity index (χ3n) is 4.16. The minimum Gasteiger partial charge on any atom is -0.322 e. The summed E-state index contributed by atoms with van der Waals surface area (Å²) in [7, 11) is 0. The molecule has 7 nitrogen and oxygen atoms in total. The second-order valence-corrected chi connectivity index (χ2v) is 6.21. The number of nitrogens with zero attached hydrogens (tertiary/aromatic N) is 3. The Kier molecular flexibility index (Phi) is 5.11. The standard InChI is InChI=1S/C22H17N5O2/c28-21(24-17-9-12-23-13-10-17)16-5-4-6-18(15-16)25-22(29)20-11-14-27(26-20)19-7-2-1-3-8-19/h1-15H,(H,25,29)(H,23,24,28). The van der Waals surface area contributed by atoms with Crippen molar-refractivity contribution >= 4 is 23.2 Å². The van der Waals surface area contributed by atoms with Gasteiger partial charge in [-0.25, -0.2) is 4.68 Å². The molecule has 0 unspecified atom stereocenters. The normalized spacial score (nSPS) is 10.3. The van der Waals surface area contributed by atoms with Crippen LogP contribution in [-0.2, 0) is 0 Å². The highest BCUT2D eigenvalue weighted by atomic mass is 16.2. The predicted molar refractivity (Wildman–Crippen MR) is 110 cm³/mol. The molecule has 7 heteroatoms. The number of carbonyl (C=O) groups is 2. The topological polar surface area (TPSA) is 88.9 Å². The van der Waals surface area contributed by atoms with Crippen LogP contribution in [0.1, 0.15) is 20.8 Å². The summed E-state index contributed by atoms with van der Waals surface area (Å²) in [5, 5.41) is 9.87. The maximum absolute atomic E-state index is 12.5. The molecule has 0 radical (unpaired) electrons. The smallest absolute Gasteiger partial charge is 0.276 e. The molecular weight excluding hydrogens is 366 g/mol. The van der Waals surface area contributed by atoms with Crippen molar-refractivity contribution in [2.45, 2.75) is 0 Å².